The number of thioether (sulfide) groups is 1. The molecule has 1 fully saturated rings. The molecule has 0 unspecified atom stereocenters. The highest BCUT2D eigenvalue weighted by Gasteiger charge is 2.29. The summed E-state index contributed by atoms with van der Waals surface area (Å²) in [5.41, 5.74) is 1.13. The van der Waals surface area contributed by atoms with E-state index in [-0.39, 0.29) is 17.4 Å². The number of carbonyl (C=O) groups excluding carboxylic acids is 1. The quantitative estimate of drug-likeness (QED) is 0.303. The molecule has 2 aromatic carbocycles. The van der Waals surface area contributed by atoms with Crippen molar-refractivity contribution in [2.24, 2.45) is 4.99 Å². The zero-order valence-corrected chi connectivity index (χ0v) is 18.7. The Morgan fingerprint density at radius 1 is 1.03 bits per heavy atom. The third kappa shape index (κ3) is 4.44. The number of nitrogens with zero attached hydrogens (tertiary/aromatic N) is 4. The van der Waals surface area contributed by atoms with Crippen LogP contribution in [-0.2, 0) is 4.79 Å². The molecule has 0 spiro atoms. The van der Waals surface area contributed by atoms with Crippen LogP contribution in [0.25, 0.3) is 17.4 Å². The van der Waals surface area contributed by atoms with E-state index in [2.05, 4.69) is 4.99 Å². The second-order valence-corrected chi connectivity index (χ2v) is 8.75. The molecule has 2 aliphatic heterocycles. The first kappa shape index (κ1) is 21.9. The van der Waals surface area contributed by atoms with Gasteiger partial charge in [0.25, 0.3) is 11.6 Å². The minimum absolute atomic E-state index is 0.0246. The van der Waals surface area contributed by atoms with E-state index in [1.165, 1.54) is 30.0 Å². The molecule has 3 aromatic rings. The Morgan fingerprint density at radius 2 is 1.79 bits per heavy atom. The van der Waals surface area contributed by atoms with Crippen molar-refractivity contribution < 1.29 is 18.5 Å². The Morgan fingerprint density at radius 3 is 2.56 bits per heavy atom. The van der Waals surface area contributed by atoms with E-state index >= 15 is 0 Å². The monoisotopic (exact) mass is 478 g/mol. The van der Waals surface area contributed by atoms with E-state index in [1.54, 1.807) is 42.5 Å². The summed E-state index contributed by atoms with van der Waals surface area (Å²) in [6.07, 6.45) is 1.62. The number of aliphatic imine (C=N–C) groups is 1. The van der Waals surface area contributed by atoms with E-state index in [1.807, 2.05) is 15.9 Å². The predicted molar refractivity (Wildman–Crippen MR) is 129 cm³/mol. The number of non-ortho nitro benzene ring substituents is 1. The van der Waals surface area contributed by atoms with Gasteiger partial charge in [-0.3, -0.25) is 14.9 Å². The number of furan rings is 1. The molecular weight excluding hydrogens is 459 g/mol. The van der Waals surface area contributed by atoms with Gasteiger partial charge in [0.15, 0.2) is 5.17 Å². The molecule has 0 atom stereocenters. The van der Waals surface area contributed by atoms with Crippen molar-refractivity contribution in [3.05, 3.63) is 87.3 Å². The smallest absolute Gasteiger partial charge is 0.286 e. The molecule has 1 saturated heterocycles. The van der Waals surface area contributed by atoms with Crippen LogP contribution in [0.1, 0.15) is 5.76 Å². The fraction of sp³-hybridized carbons (Fsp3) is 0.167. The zero-order valence-electron chi connectivity index (χ0n) is 17.9. The molecule has 34 heavy (non-hydrogen) atoms. The van der Waals surface area contributed by atoms with Gasteiger partial charge < -0.3 is 14.2 Å². The van der Waals surface area contributed by atoms with Gasteiger partial charge in [-0.2, -0.15) is 4.99 Å². The van der Waals surface area contributed by atoms with E-state index in [0.717, 1.165) is 0 Å². The van der Waals surface area contributed by atoms with Gasteiger partial charge in [-0.05, 0) is 36.0 Å². The molecule has 0 radical (unpaired) electrons. The number of hydrogen-bond donors (Lipinski definition) is 0. The number of benzene rings is 2. The molecular formula is C24H19FN4O4S. The molecule has 10 heteroatoms. The van der Waals surface area contributed by atoms with Gasteiger partial charge in [0.1, 0.15) is 17.3 Å². The van der Waals surface area contributed by atoms with Gasteiger partial charge in [-0.1, -0.05) is 24.3 Å². The van der Waals surface area contributed by atoms with Crippen molar-refractivity contribution in [3.63, 3.8) is 0 Å². The molecule has 1 aromatic heterocycles. The van der Waals surface area contributed by atoms with Crippen molar-refractivity contribution in [2.45, 2.75) is 0 Å². The third-order valence-electron chi connectivity index (χ3n) is 5.59. The number of nitro benzene ring substituents is 1. The average Bonchev–Trinajstić information content (AvgIpc) is 3.47. The van der Waals surface area contributed by atoms with Gasteiger partial charge >= 0.3 is 0 Å². The normalized spacial score (nSPS) is 17.4. The molecule has 0 saturated carbocycles. The van der Waals surface area contributed by atoms with Gasteiger partial charge in [-0.25, -0.2) is 4.39 Å². The number of rotatable bonds is 4. The maximum absolute atomic E-state index is 14.1. The van der Waals surface area contributed by atoms with Crippen LogP contribution < -0.4 is 4.90 Å². The highest BCUT2D eigenvalue weighted by Crippen LogP contribution is 2.33. The van der Waals surface area contributed by atoms with Crippen LogP contribution in [0.3, 0.4) is 0 Å². The molecule has 2 aliphatic rings. The van der Waals surface area contributed by atoms with Gasteiger partial charge in [0, 0.05) is 50.0 Å². The van der Waals surface area contributed by atoms with Crippen LogP contribution in [0.2, 0.25) is 0 Å². The summed E-state index contributed by atoms with van der Waals surface area (Å²) in [6, 6.07) is 16.3. The molecule has 3 heterocycles. The van der Waals surface area contributed by atoms with Gasteiger partial charge in [0.2, 0.25) is 0 Å². The minimum Gasteiger partial charge on any atom is -0.457 e. The van der Waals surface area contributed by atoms with Crippen LogP contribution in [0, 0.1) is 15.9 Å². The summed E-state index contributed by atoms with van der Waals surface area (Å²) in [4.78, 5) is 31.7. The Balaban J connectivity index is 1.25. The molecule has 0 N–H and O–H groups in total. The number of amidine groups is 1. The molecule has 8 nitrogen and oxygen atoms in total. The standard InChI is InChI=1S/C24H19FN4O4S/c25-19-6-1-2-7-20(19)27-10-12-28(13-11-27)24-26-23(30)22(34-24)15-18-8-9-21(33-18)16-4-3-5-17(14-16)29(31)32/h1-9,14-15H,10-13H2/b22-15+. The third-order valence-corrected chi connectivity index (χ3v) is 6.64. The topological polar surface area (TPSA) is 92.2 Å². The average molecular weight is 479 g/mol. The largest absolute Gasteiger partial charge is 0.457 e. The second-order valence-electron chi connectivity index (χ2n) is 7.75. The molecule has 1 amide bonds. The first-order chi connectivity index (χ1) is 16.5. The van der Waals surface area contributed by atoms with Crippen LogP contribution in [-0.4, -0.2) is 47.1 Å². The maximum Gasteiger partial charge on any atom is 0.286 e. The first-order valence-electron chi connectivity index (χ1n) is 10.6. The number of para-hydroxylation sites is 1. The number of halogens is 1. The van der Waals surface area contributed by atoms with Crippen molar-refractivity contribution in [2.75, 3.05) is 31.1 Å². The number of carbonyl (C=O) groups is 1. The Hall–Kier alpha value is -3.92. The van der Waals surface area contributed by atoms with E-state index in [9.17, 15) is 19.3 Å². The second kappa shape index (κ2) is 9.14. The van der Waals surface area contributed by atoms with E-state index < -0.39 is 4.92 Å². The predicted octanol–water partition coefficient (Wildman–Crippen LogP) is 4.79. The van der Waals surface area contributed by atoms with Gasteiger partial charge in [0.05, 0.1) is 15.5 Å². The van der Waals surface area contributed by atoms with E-state index in [4.69, 9.17) is 4.42 Å². The highest BCUT2D eigenvalue weighted by atomic mass is 32.2. The first-order valence-corrected chi connectivity index (χ1v) is 11.4. The van der Waals surface area contributed by atoms with Crippen molar-refractivity contribution in [1.29, 1.82) is 0 Å². The fourth-order valence-electron chi connectivity index (χ4n) is 3.87. The zero-order chi connectivity index (χ0) is 23.7. The number of anilines is 1. The van der Waals surface area contributed by atoms with Crippen LogP contribution in [0.15, 0.2) is 75.0 Å². The van der Waals surface area contributed by atoms with Crippen molar-refractivity contribution in [3.8, 4) is 11.3 Å². The molecule has 0 bridgehead atoms. The lowest BCUT2D eigenvalue weighted by Crippen LogP contribution is -2.48. The van der Waals surface area contributed by atoms with Crippen LogP contribution in [0.4, 0.5) is 15.8 Å². The molecule has 172 valence electrons. The maximum atomic E-state index is 14.1. The molecule has 5 rings (SSSR count). The Kier molecular flexibility index (Phi) is 5.89. The van der Waals surface area contributed by atoms with Crippen LogP contribution >= 0.6 is 11.8 Å². The van der Waals surface area contributed by atoms with E-state index in [0.29, 0.717) is 59.0 Å². The SMILES string of the molecule is O=C1N=C(N2CCN(c3ccccc3F)CC2)S/C1=C/c1ccc(-c2cccc([N+](=O)[O-])c2)o1. The summed E-state index contributed by atoms with van der Waals surface area (Å²) >= 11 is 1.28. The van der Waals surface area contributed by atoms with Crippen LogP contribution in [0.5, 0.6) is 0 Å². The number of nitro groups is 1. The summed E-state index contributed by atoms with van der Waals surface area (Å²) < 4.78 is 19.9. The number of piperazine rings is 1. The summed E-state index contributed by atoms with van der Waals surface area (Å²) in [5.74, 6) is 0.339. The Labute approximate surface area is 198 Å². The van der Waals surface area contributed by atoms with Crippen molar-refractivity contribution >= 4 is 40.3 Å². The fourth-order valence-corrected chi connectivity index (χ4v) is 4.81. The number of amides is 1. The minimum atomic E-state index is -0.460. The highest BCUT2D eigenvalue weighted by molar-refractivity contribution is 8.18. The lowest BCUT2D eigenvalue weighted by atomic mass is 10.1. The molecule has 0 aliphatic carbocycles. The van der Waals surface area contributed by atoms with Crippen molar-refractivity contribution in [1.82, 2.24) is 4.90 Å². The van der Waals surface area contributed by atoms with Gasteiger partial charge in [-0.15, -0.1) is 0 Å². The lowest BCUT2D eigenvalue weighted by molar-refractivity contribution is -0.384. The Bertz CT molecular complexity index is 1330. The number of hydrogen-bond acceptors (Lipinski definition) is 7. The lowest BCUT2D eigenvalue weighted by Gasteiger charge is -2.36. The summed E-state index contributed by atoms with van der Waals surface area (Å²) in [7, 11) is 0. The summed E-state index contributed by atoms with van der Waals surface area (Å²) in [6.45, 7) is 2.49. The summed E-state index contributed by atoms with van der Waals surface area (Å²) in [5, 5.41) is 11.6.